The van der Waals surface area contributed by atoms with Crippen LogP contribution in [0.1, 0.15) is 5.56 Å². The number of hydrogen-bond acceptors (Lipinski definition) is 5. The lowest BCUT2D eigenvalue weighted by molar-refractivity contribution is -0.122. The molecule has 1 fully saturated rings. The van der Waals surface area contributed by atoms with Gasteiger partial charge in [0.25, 0.3) is 11.1 Å². The maximum absolute atomic E-state index is 12.1. The maximum Gasteiger partial charge on any atom is 0.293 e. The highest BCUT2D eigenvalue weighted by molar-refractivity contribution is 14.1. The van der Waals surface area contributed by atoms with Crippen molar-refractivity contribution in [1.82, 2.24) is 4.90 Å². The Morgan fingerprint density at radius 1 is 1.48 bits per heavy atom. The molecule has 7 heteroatoms. The summed E-state index contributed by atoms with van der Waals surface area (Å²) >= 11 is 2.86. The van der Waals surface area contributed by atoms with E-state index in [2.05, 4.69) is 6.58 Å². The van der Waals surface area contributed by atoms with Gasteiger partial charge in [0.1, 0.15) is 0 Å². The van der Waals surface area contributed by atoms with Crippen molar-refractivity contribution in [2.45, 2.75) is 0 Å². The van der Waals surface area contributed by atoms with Gasteiger partial charge in [0.15, 0.2) is 11.5 Å². The van der Waals surface area contributed by atoms with E-state index in [4.69, 9.17) is 4.74 Å². The zero-order valence-electron chi connectivity index (χ0n) is 11.1. The summed E-state index contributed by atoms with van der Waals surface area (Å²) in [5, 5.41) is 9.48. The minimum absolute atomic E-state index is 0.0509. The van der Waals surface area contributed by atoms with Gasteiger partial charge < -0.3 is 9.84 Å². The van der Waals surface area contributed by atoms with Gasteiger partial charge in [-0.15, -0.1) is 6.58 Å². The number of phenolic OH excluding ortho intramolecular Hbond substituents is 1. The molecule has 2 rings (SSSR count). The third kappa shape index (κ3) is 3.24. The summed E-state index contributed by atoms with van der Waals surface area (Å²) in [4.78, 5) is 25.3. The van der Waals surface area contributed by atoms with E-state index < -0.39 is 0 Å². The van der Waals surface area contributed by atoms with Gasteiger partial charge in [-0.25, -0.2) is 0 Å². The lowest BCUT2D eigenvalue weighted by Crippen LogP contribution is -2.27. The summed E-state index contributed by atoms with van der Waals surface area (Å²) in [6, 6.07) is 3.32. The first kappa shape index (κ1) is 15.9. The number of benzene rings is 1. The Labute approximate surface area is 139 Å². The number of amides is 2. The van der Waals surface area contributed by atoms with E-state index in [9.17, 15) is 14.7 Å². The van der Waals surface area contributed by atoms with Crippen LogP contribution in [-0.4, -0.2) is 34.8 Å². The predicted octanol–water partition coefficient (Wildman–Crippen LogP) is 3.23. The molecular weight excluding hydrogens is 405 g/mol. The van der Waals surface area contributed by atoms with Crippen LogP contribution in [0.5, 0.6) is 11.5 Å². The number of phenols is 1. The Bertz CT molecular complexity index is 657. The lowest BCUT2D eigenvalue weighted by atomic mass is 10.2. The molecule has 1 aliphatic rings. The number of carbonyl (C=O) groups is 2. The molecule has 0 aromatic heterocycles. The topological polar surface area (TPSA) is 66.8 Å². The van der Waals surface area contributed by atoms with E-state index >= 15 is 0 Å². The Hall–Kier alpha value is -1.48. The van der Waals surface area contributed by atoms with Crippen molar-refractivity contribution in [2.75, 3.05) is 13.7 Å². The van der Waals surface area contributed by atoms with Crippen LogP contribution >= 0.6 is 34.4 Å². The van der Waals surface area contributed by atoms with E-state index in [1.807, 2.05) is 22.6 Å². The van der Waals surface area contributed by atoms with Gasteiger partial charge in [0.05, 0.1) is 15.6 Å². The molecule has 0 unspecified atom stereocenters. The van der Waals surface area contributed by atoms with E-state index in [1.54, 1.807) is 18.2 Å². The molecule has 110 valence electrons. The Morgan fingerprint density at radius 2 is 2.19 bits per heavy atom. The molecule has 2 amide bonds. The van der Waals surface area contributed by atoms with Crippen LogP contribution in [0.2, 0.25) is 0 Å². The molecule has 5 nitrogen and oxygen atoms in total. The number of halogens is 1. The zero-order chi connectivity index (χ0) is 15.6. The smallest absolute Gasteiger partial charge is 0.293 e. The number of aromatic hydroxyl groups is 1. The minimum atomic E-state index is -0.341. The number of hydrogen-bond donors (Lipinski definition) is 1. The van der Waals surface area contributed by atoms with Gasteiger partial charge >= 0.3 is 0 Å². The van der Waals surface area contributed by atoms with Crippen LogP contribution in [-0.2, 0) is 4.79 Å². The summed E-state index contributed by atoms with van der Waals surface area (Å²) in [5.41, 5.74) is 0.679. The Balaban J connectivity index is 2.37. The second-order valence-electron chi connectivity index (χ2n) is 4.13. The van der Waals surface area contributed by atoms with Crippen LogP contribution in [0.4, 0.5) is 4.79 Å². The highest BCUT2D eigenvalue weighted by Gasteiger charge is 2.34. The SMILES string of the molecule is C=CCN1C(=O)S/C(=C\c2cc(I)c(O)c(OC)c2)C1=O. The molecule has 1 saturated heterocycles. The number of imide groups is 1. The van der Waals surface area contributed by atoms with E-state index in [0.717, 1.165) is 16.7 Å². The number of methoxy groups -OCH3 is 1. The normalized spacial score (nSPS) is 16.7. The summed E-state index contributed by atoms with van der Waals surface area (Å²) in [5.74, 6) is 0.0282. The molecule has 0 bridgehead atoms. The first-order chi connectivity index (χ1) is 9.97. The molecular formula is C14H12INO4S. The first-order valence-electron chi connectivity index (χ1n) is 5.90. The fourth-order valence-corrected chi connectivity index (χ4v) is 3.24. The number of rotatable bonds is 4. The van der Waals surface area contributed by atoms with Crippen LogP contribution in [0.25, 0.3) is 6.08 Å². The highest BCUT2D eigenvalue weighted by atomic mass is 127. The van der Waals surface area contributed by atoms with Gasteiger partial charge in [0.2, 0.25) is 0 Å². The van der Waals surface area contributed by atoms with Crippen molar-refractivity contribution in [2.24, 2.45) is 0 Å². The highest BCUT2D eigenvalue weighted by Crippen LogP contribution is 2.36. The molecule has 0 radical (unpaired) electrons. The lowest BCUT2D eigenvalue weighted by Gasteiger charge is -2.08. The van der Waals surface area contributed by atoms with Crippen molar-refractivity contribution in [3.63, 3.8) is 0 Å². The van der Waals surface area contributed by atoms with Crippen LogP contribution in [0.15, 0.2) is 29.7 Å². The standard InChI is InChI=1S/C14H12INO4S/c1-3-4-16-13(18)11(21-14(16)19)7-8-5-9(15)12(17)10(6-8)20-2/h3,5-7,17H,1,4H2,2H3/b11-7-. The summed E-state index contributed by atoms with van der Waals surface area (Å²) in [7, 11) is 1.45. The number of nitrogens with zero attached hydrogens (tertiary/aromatic N) is 1. The van der Waals surface area contributed by atoms with Gasteiger partial charge in [0, 0.05) is 6.54 Å². The van der Waals surface area contributed by atoms with E-state index in [-0.39, 0.29) is 23.4 Å². The second-order valence-corrected chi connectivity index (χ2v) is 6.29. The minimum Gasteiger partial charge on any atom is -0.504 e. The van der Waals surface area contributed by atoms with Gasteiger partial charge in [-0.3, -0.25) is 14.5 Å². The molecule has 1 heterocycles. The first-order valence-corrected chi connectivity index (χ1v) is 7.80. The predicted molar refractivity (Wildman–Crippen MR) is 90.2 cm³/mol. The number of thioether (sulfide) groups is 1. The molecule has 1 aromatic rings. The fraction of sp³-hybridized carbons (Fsp3) is 0.143. The number of ether oxygens (including phenoxy) is 1. The van der Waals surface area contributed by atoms with Crippen LogP contribution < -0.4 is 4.74 Å². The zero-order valence-corrected chi connectivity index (χ0v) is 14.1. The van der Waals surface area contributed by atoms with Crippen molar-refractivity contribution < 1.29 is 19.4 Å². The largest absolute Gasteiger partial charge is 0.504 e. The van der Waals surface area contributed by atoms with Crippen molar-refractivity contribution >= 4 is 51.6 Å². The number of carbonyl (C=O) groups excluding carboxylic acids is 2. The second kappa shape index (κ2) is 6.52. The van der Waals surface area contributed by atoms with Crippen molar-refractivity contribution in [1.29, 1.82) is 0 Å². The van der Waals surface area contributed by atoms with E-state index in [1.165, 1.54) is 13.2 Å². The van der Waals surface area contributed by atoms with Crippen LogP contribution in [0.3, 0.4) is 0 Å². The molecule has 0 saturated carbocycles. The maximum atomic E-state index is 12.1. The molecule has 0 spiro atoms. The van der Waals surface area contributed by atoms with Crippen molar-refractivity contribution in [3.8, 4) is 11.5 Å². The molecule has 1 N–H and O–H groups in total. The Kier molecular flexibility index (Phi) is 4.94. The summed E-state index contributed by atoms with van der Waals surface area (Å²) < 4.78 is 5.67. The fourth-order valence-electron chi connectivity index (χ4n) is 1.77. The van der Waals surface area contributed by atoms with Crippen LogP contribution in [0, 0.1) is 3.57 Å². The van der Waals surface area contributed by atoms with Gasteiger partial charge in [-0.1, -0.05) is 6.08 Å². The third-order valence-corrected chi connectivity index (χ3v) is 4.48. The molecule has 21 heavy (non-hydrogen) atoms. The van der Waals surface area contributed by atoms with E-state index in [0.29, 0.717) is 19.8 Å². The summed E-state index contributed by atoms with van der Waals surface area (Å²) in [6.07, 6.45) is 3.12. The Morgan fingerprint density at radius 3 is 2.81 bits per heavy atom. The van der Waals surface area contributed by atoms with Gasteiger partial charge in [-0.2, -0.15) is 0 Å². The average Bonchev–Trinajstić information content (AvgIpc) is 2.70. The van der Waals surface area contributed by atoms with Crippen molar-refractivity contribution in [3.05, 3.63) is 38.8 Å². The third-order valence-electron chi connectivity index (χ3n) is 2.75. The monoisotopic (exact) mass is 417 g/mol. The molecule has 1 aliphatic heterocycles. The molecule has 0 atom stereocenters. The molecule has 1 aromatic carbocycles. The summed E-state index contributed by atoms with van der Waals surface area (Å²) in [6.45, 7) is 3.72. The molecule has 0 aliphatic carbocycles. The van der Waals surface area contributed by atoms with Gasteiger partial charge in [-0.05, 0) is 58.1 Å². The average molecular weight is 417 g/mol. The quantitative estimate of drug-likeness (QED) is 0.463.